The van der Waals surface area contributed by atoms with E-state index in [1.807, 2.05) is 11.4 Å². The molecule has 2 amide bonds. The predicted molar refractivity (Wildman–Crippen MR) is 127 cm³/mol. The normalized spacial score (nSPS) is 15.0. The molecule has 1 aliphatic heterocycles. The number of fused-ring (bicyclic) bond motifs is 1. The molecule has 0 saturated carbocycles. The second-order valence-electron chi connectivity index (χ2n) is 8.06. The summed E-state index contributed by atoms with van der Waals surface area (Å²) in [6, 6.07) is 7.87. The van der Waals surface area contributed by atoms with Crippen molar-refractivity contribution in [2.75, 3.05) is 40.0 Å². The molecule has 9 heteroatoms. The quantitative estimate of drug-likeness (QED) is 0.356. The Morgan fingerprint density at radius 2 is 1.94 bits per heavy atom. The van der Waals surface area contributed by atoms with Crippen molar-refractivity contribution in [3.63, 3.8) is 0 Å². The first kappa shape index (κ1) is 25.8. The van der Waals surface area contributed by atoms with E-state index in [-0.39, 0.29) is 49.7 Å². The van der Waals surface area contributed by atoms with Crippen LogP contribution in [-0.2, 0) is 30.3 Å². The zero-order valence-corrected chi connectivity index (χ0v) is 20.4. The van der Waals surface area contributed by atoms with Crippen molar-refractivity contribution >= 4 is 29.1 Å². The van der Waals surface area contributed by atoms with Crippen LogP contribution < -0.4 is 0 Å². The zero-order chi connectivity index (χ0) is 24.5. The lowest BCUT2D eigenvalue weighted by molar-refractivity contribution is -0.146. The van der Waals surface area contributed by atoms with Gasteiger partial charge in [-0.2, -0.15) is 0 Å². The maximum atomic E-state index is 13.6. The van der Waals surface area contributed by atoms with Crippen molar-refractivity contribution < 1.29 is 28.2 Å². The van der Waals surface area contributed by atoms with Gasteiger partial charge in [-0.15, -0.1) is 11.3 Å². The molecule has 0 bridgehead atoms. The highest BCUT2D eigenvalue weighted by atomic mass is 32.1. The van der Waals surface area contributed by atoms with Crippen LogP contribution in [0, 0.1) is 5.82 Å². The maximum absolute atomic E-state index is 13.6. The van der Waals surface area contributed by atoms with Gasteiger partial charge in [-0.25, -0.2) is 4.39 Å². The fourth-order valence-corrected chi connectivity index (χ4v) is 5.04. The van der Waals surface area contributed by atoms with Gasteiger partial charge in [0.25, 0.3) is 0 Å². The summed E-state index contributed by atoms with van der Waals surface area (Å²) in [4.78, 5) is 42.6. The van der Waals surface area contributed by atoms with Crippen LogP contribution in [0.5, 0.6) is 0 Å². The van der Waals surface area contributed by atoms with E-state index in [0.717, 1.165) is 17.5 Å². The first-order chi connectivity index (χ1) is 16.4. The van der Waals surface area contributed by atoms with Crippen LogP contribution in [0.3, 0.4) is 0 Å². The molecule has 0 aliphatic carbocycles. The lowest BCUT2D eigenvalue weighted by Crippen LogP contribution is -2.47. The van der Waals surface area contributed by atoms with Gasteiger partial charge in [-0.1, -0.05) is 12.1 Å². The summed E-state index contributed by atoms with van der Waals surface area (Å²) in [7, 11) is 1.58. The van der Waals surface area contributed by atoms with E-state index in [1.165, 1.54) is 21.9 Å². The Morgan fingerprint density at radius 1 is 1.18 bits per heavy atom. The minimum absolute atomic E-state index is 0.0187. The maximum Gasteiger partial charge on any atom is 0.306 e. The van der Waals surface area contributed by atoms with Crippen molar-refractivity contribution in [2.45, 2.75) is 38.6 Å². The lowest BCUT2D eigenvalue weighted by atomic mass is 9.93. The topological polar surface area (TPSA) is 76.1 Å². The van der Waals surface area contributed by atoms with Crippen LogP contribution in [0.4, 0.5) is 4.39 Å². The fraction of sp³-hybridized carbons (Fsp3) is 0.480. The summed E-state index contributed by atoms with van der Waals surface area (Å²) in [6.45, 7) is 3.19. The highest BCUT2D eigenvalue weighted by Crippen LogP contribution is 2.37. The Bertz CT molecular complexity index is 978. The number of esters is 1. The molecule has 0 N–H and O–H groups in total. The van der Waals surface area contributed by atoms with Crippen LogP contribution >= 0.6 is 11.3 Å². The Kier molecular flexibility index (Phi) is 9.59. The van der Waals surface area contributed by atoms with Crippen LogP contribution in [0.1, 0.15) is 48.2 Å². The summed E-state index contributed by atoms with van der Waals surface area (Å²) in [6.07, 6.45) is 1.26. The smallest absolute Gasteiger partial charge is 0.306 e. The first-order valence-corrected chi connectivity index (χ1v) is 12.4. The molecular formula is C25H31FN2O5S. The van der Waals surface area contributed by atoms with E-state index >= 15 is 0 Å². The number of rotatable bonds is 11. The molecule has 1 aliphatic rings. The number of ether oxygens (including phenoxy) is 2. The van der Waals surface area contributed by atoms with Gasteiger partial charge in [0.2, 0.25) is 11.8 Å². The van der Waals surface area contributed by atoms with Crippen molar-refractivity contribution in [3.05, 3.63) is 57.5 Å². The molecule has 1 unspecified atom stereocenters. The fourth-order valence-electron chi connectivity index (χ4n) is 4.14. The third kappa shape index (κ3) is 6.64. The van der Waals surface area contributed by atoms with Crippen LogP contribution in [-0.4, -0.2) is 67.5 Å². The van der Waals surface area contributed by atoms with E-state index in [2.05, 4.69) is 0 Å². The highest BCUT2D eigenvalue weighted by molar-refractivity contribution is 7.10. The van der Waals surface area contributed by atoms with Crippen molar-refractivity contribution in [2.24, 2.45) is 0 Å². The number of carbonyl (C=O) groups excluding carboxylic acids is 3. The molecule has 2 aromatic rings. The molecule has 0 spiro atoms. The summed E-state index contributed by atoms with van der Waals surface area (Å²) in [5, 5.41) is 2.01. The van der Waals surface area contributed by atoms with Crippen molar-refractivity contribution in [1.29, 1.82) is 0 Å². The van der Waals surface area contributed by atoms with Crippen LogP contribution in [0.25, 0.3) is 0 Å². The number of carbonyl (C=O) groups is 3. The third-order valence-electron chi connectivity index (χ3n) is 5.78. The Labute approximate surface area is 203 Å². The van der Waals surface area contributed by atoms with Gasteiger partial charge in [-0.3, -0.25) is 14.4 Å². The molecule has 1 atom stereocenters. The molecule has 0 fully saturated rings. The van der Waals surface area contributed by atoms with E-state index in [9.17, 15) is 18.8 Å². The van der Waals surface area contributed by atoms with E-state index in [1.54, 1.807) is 42.4 Å². The minimum Gasteiger partial charge on any atom is -0.466 e. The third-order valence-corrected chi connectivity index (χ3v) is 6.77. The standard InChI is InChI=1S/C25H31FN2O5S/c1-3-33-24(31)10-9-22(29)27(13-4-15-32-2)17-23(30)28-14-11-21-20(12-16-34-21)25(28)18-5-7-19(26)8-6-18/h5-8,12,16,25H,3-4,9-11,13-15,17H2,1-2H3. The van der Waals surface area contributed by atoms with Gasteiger partial charge in [-0.05, 0) is 54.5 Å². The summed E-state index contributed by atoms with van der Waals surface area (Å²) in [5.41, 5.74) is 1.87. The Hall–Kier alpha value is -2.78. The number of thiophene rings is 1. The number of hydrogen-bond donors (Lipinski definition) is 0. The van der Waals surface area contributed by atoms with E-state index in [0.29, 0.717) is 26.1 Å². The van der Waals surface area contributed by atoms with Gasteiger partial charge in [0, 0.05) is 38.1 Å². The minimum atomic E-state index is -0.434. The molecule has 0 radical (unpaired) electrons. The molecule has 1 aromatic carbocycles. The monoisotopic (exact) mass is 490 g/mol. The second kappa shape index (κ2) is 12.6. The Balaban J connectivity index is 1.77. The van der Waals surface area contributed by atoms with Gasteiger partial charge in [0.05, 0.1) is 25.6 Å². The number of hydrogen-bond acceptors (Lipinski definition) is 6. The lowest BCUT2D eigenvalue weighted by Gasteiger charge is -2.37. The predicted octanol–water partition coefficient (Wildman–Crippen LogP) is 3.57. The second-order valence-corrected chi connectivity index (χ2v) is 9.06. The Morgan fingerprint density at radius 3 is 2.65 bits per heavy atom. The molecular weight excluding hydrogens is 459 g/mol. The van der Waals surface area contributed by atoms with Crippen LogP contribution in [0.15, 0.2) is 35.7 Å². The van der Waals surface area contributed by atoms with E-state index < -0.39 is 5.97 Å². The molecule has 3 rings (SSSR count). The average Bonchev–Trinajstić information content (AvgIpc) is 3.31. The molecule has 7 nitrogen and oxygen atoms in total. The number of nitrogens with zero attached hydrogens (tertiary/aromatic N) is 2. The molecule has 34 heavy (non-hydrogen) atoms. The van der Waals surface area contributed by atoms with Crippen molar-refractivity contribution in [1.82, 2.24) is 9.80 Å². The molecule has 0 saturated heterocycles. The largest absolute Gasteiger partial charge is 0.466 e. The van der Waals surface area contributed by atoms with Crippen LogP contribution in [0.2, 0.25) is 0 Å². The van der Waals surface area contributed by atoms with Gasteiger partial charge < -0.3 is 19.3 Å². The number of methoxy groups -OCH3 is 1. The summed E-state index contributed by atoms with van der Waals surface area (Å²) in [5.74, 6) is -1.23. The summed E-state index contributed by atoms with van der Waals surface area (Å²) < 4.78 is 23.6. The zero-order valence-electron chi connectivity index (χ0n) is 19.6. The SMILES string of the molecule is CCOC(=O)CCC(=O)N(CCCOC)CC(=O)N1CCc2sccc2C1c1ccc(F)cc1. The van der Waals surface area contributed by atoms with Gasteiger partial charge in [0.15, 0.2) is 0 Å². The highest BCUT2D eigenvalue weighted by Gasteiger charge is 2.34. The molecule has 184 valence electrons. The average molecular weight is 491 g/mol. The molecule has 1 aromatic heterocycles. The van der Waals surface area contributed by atoms with E-state index in [4.69, 9.17) is 9.47 Å². The number of halogens is 1. The first-order valence-electron chi connectivity index (χ1n) is 11.5. The van der Waals surface area contributed by atoms with Gasteiger partial charge in [0.1, 0.15) is 5.82 Å². The van der Waals surface area contributed by atoms with Crippen molar-refractivity contribution in [3.8, 4) is 0 Å². The summed E-state index contributed by atoms with van der Waals surface area (Å²) >= 11 is 1.65. The number of benzene rings is 1. The number of amides is 2. The molecule has 2 heterocycles. The van der Waals surface area contributed by atoms with Gasteiger partial charge >= 0.3 is 5.97 Å².